The fourth-order valence-corrected chi connectivity index (χ4v) is 19.8. The highest BCUT2D eigenvalue weighted by atomic mass is 32.1. The predicted octanol–water partition coefficient (Wildman–Crippen LogP) is 25.0. The van der Waals surface area contributed by atoms with Gasteiger partial charge in [-0.25, -0.2) is 13.7 Å². The molecule has 4 nitrogen and oxygen atoms in total. The lowest BCUT2D eigenvalue weighted by atomic mass is 10.0. The molecule has 0 atom stereocenters. The van der Waals surface area contributed by atoms with E-state index in [1.165, 1.54) is 133 Å². The van der Waals surface area contributed by atoms with Gasteiger partial charge in [0.05, 0.1) is 20.9 Å². The summed E-state index contributed by atoms with van der Waals surface area (Å²) in [6, 6.07) is 85.5. The number of rotatable bonds is 4. The van der Waals surface area contributed by atoms with Crippen molar-refractivity contribution in [2.75, 3.05) is 0 Å². The number of hydrogen-bond acceptors (Lipinski definition) is 4. The van der Waals surface area contributed by atoms with Gasteiger partial charge >= 0.3 is 0 Å². The van der Waals surface area contributed by atoms with Gasteiger partial charge in [-0.15, -0.1) is 45.3 Å². The van der Waals surface area contributed by atoms with Gasteiger partial charge in [0.2, 0.25) is 22.8 Å². The van der Waals surface area contributed by atoms with Crippen molar-refractivity contribution in [3.8, 4) is 45.0 Å². The number of nitrogens with zero attached hydrogens (tertiary/aromatic N) is 4. The van der Waals surface area contributed by atoms with Crippen LogP contribution in [0.3, 0.4) is 0 Å². The van der Waals surface area contributed by atoms with E-state index < -0.39 is 20.6 Å². The number of thiophene rings is 4. The Bertz CT molecular complexity index is 7220. The number of aromatic nitrogens is 4. The molecule has 12 aromatic carbocycles. The highest BCUT2D eigenvalue weighted by molar-refractivity contribution is 7.27. The van der Waals surface area contributed by atoms with Gasteiger partial charge in [-0.2, -0.15) is 4.57 Å². The van der Waals surface area contributed by atoms with E-state index in [4.69, 9.17) is 12.3 Å². The summed E-state index contributed by atoms with van der Waals surface area (Å²) in [5, 5.41) is 19.4. The van der Waals surface area contributed by atoms with Gasteiger partial charge in [-0.1, -0.05) is 193 Å². The van der Waals surface area contributed by atoms with E-state index in [0.717, 1.165) is 58.5 Å². The molecule has 8 heterocycles. The maximum Gasteiger partial charge on any atom is 0.213 e. The highest BCUT2D eigenvalue weighted by Crippen LogP contribution is 2.44. The van der Waals surface area contributed by atoms with Crippen molar-refractivity contribution in [2.45, 2.75) is 48.3 Å². The molecular formula is C95H78N4S4+4. The molecule has 0 bridgehead atoms. The minimum Gasteiger partial charge on any atom is -0.200 e. The second kappa shape index (κ2) is 26.5. The standard InChI is InChI=1S/C25H22NS.C24H20NS.2C23H18NS/c1-15-5-8-19(17(3)11-15)22-13-24-21(14-26(22)4)25-20-9-6-16(2)12-18(20)7-10-23(25)27-24;1-15-8-10-19-17(12-15)9-11-22-24(19)20-14-25(3)21(13-23(20)26-22)18-7-5-4-6-16(18)2;1-15-7-3-5-9-17(15)20-13-22-19(14-24(20)2)23-18-10-6-4-8-16(18)11-12-21(23)25-22;1-15-7-3-5-9-17(15)20-13-19-22(14-24(20)2)25-21-12-11-16-8-4-6-10-18(16)23(19)21/h5-14H,1-4H3;4-14H,1-3H3;2*3-14H,1-2H3/q4*+1/i1D3,2D3;1D3;;. The van der Waals surface area contributed by atoms with Gasteiger partial charge in [-0.05, 0) is 162 Å². The van der Waals surface area contributed by atoms with E-state index >= 15 is 0 Å². The first-order valence-corrected chi connectivity index (χ1v) is 37.8. The molecule has 0 amide bonds. The Balaban J connectivity index is 0.000000109. The Hall–Kier alpha value is -10.8. The third kappa shape index (κ3) is 11.9. The van der Waals surface area contributed by atoms with Crippen molar-refractivity contribution in [1.29, 1.82) is 0 Å². The second-order valence-electron chi connectivity index (χ2n) is 27.1. The number of pyridine rings is 4. The molecule has 0 aliphatic rings. The zero-order chi connectivity index (χ0) is 78.0. The molecule has 20 aromatic rings. The van der Waals surface area contributed by atoms with E-state index in [1.54, 1.807) is 59.1 Å². The number of fused-ring (bicyclic) bond motifs is 20. The minimum atomic E-state index is -2.13. The average molecular weight is 1410 g/mol. The van der Waals surface area contributed by atoms with Gasteiger partial charge < -0.3 is 0 Å². The van der Waals surface area contributed by atoms with Gasteiger partial charge in [0, 0.05) is 119 Å². The van der Waals surface area contributed by atoms with Crippen LogP contribution >= 0.6 is 45.3 Å². The topological polar surface area (TPSA) is 15.5 Å². The molecule has 0 aliphatic carbocycles. The van der Waals surface area contributed by atoms with Crippen molar-refractivity contribution in [3.05, 3.63) is 312 Å². The van der Waals surface area contributed by atoms with Gasteiger partial charge in [0.1, 0.15) is 28.2 Å². The molecule has 103 heavy (non-hydrogen) atoms. The van der Waals surface area contributed by atoms with Crippen LogP contribution in [-0.2, 0) is 28.2 Å². The predicted molar refractivity (Wildman–Crippen MR) is 447 cm³/mol. The summed E-state index contributed by atoms with van der Waals surface area (Å²) >= 11 is 7.25. The first kappa shape index (κ1) is 55.8. The average Bonchev–Trinajstić information content (AvgIpc) is 1.59. The monoisotopic (exact) mass is 1410 g/mol. The Morgan fingerprint density at radius 1 is 0.233 bits per heavy atom. The molecule has 498 valence electrons. The van der Waals surface area contributed by atoms with Crippen LogP contribution < -0.4 is 18.3 Å². The fourth-order valence-electron chi connectivity index (χ4n) is 15.3. The Kier molecular flexibility index (Phi) is 14.4. The van der Waals surface area contributed by atoms with E-state index in [2.05, 4.69) is 267 Å². The molecule has 0 saturated heterocycles. The lowest BCUT2D eigenvalue weighted by Crippen LogP contribution is -2.30. The third-order valence-electron chi connectivity index (χ3n) is 20.4. The van der Waals surface area contributed by atoms with Crippen LogP contribution in [0.2, 0.25) is 0 Å². The molecule has 0 spiro atoms. The Morgan fingerprint density at radius 2 is 0.553 bits per heavy atom. The Morgan fingerprint density at radius 3 is 0.961 bits per heavy atom. The lowest BCUT2D eigenvalue weighted by molar-refractivity contribution is -0.659. The highest BCUT2D eigenvalue weighted by Gasteiger charge is 2.24. The summed E-state index contributed by atoms with van der Waals surface area (Å²) < 4.78 is 88.1. The zero-order valence-electron chi connectivity index (χ0n) is 67.4. The maximum absolute atomic E-state index is 7.71. The molecule has 0 N–H and O–H groups in total. The van der Waals surface area contributed by atoms with Crippen molar-refractivity contribution in [1.82, 2.24) is 0 Å². The SMILES string of the molecule is Cc1ccccc1-c1cc2c(c[n+]1C)sc1ccc3ccccc3c12.Cc1ccccc1-c1cc2sc3ccc4ccccc4c3c2c[n+]1C.[2H]C([2H])([2H])c1ccc(-c2cc3sc4ccc5cc(C([2H])([2H])[2H])ccc5c4c3c[n+]2C)c(C)c1.[2H]C([2H])([2H])c1ccc2c(ccc3sc4cc(-c5ccccc5C)[n+](C)cc4c32)c1. The molecule has 8 heteroatoms. The third-order valence-corrected chi connectivity index (χ3v) is 24.9. The van der Waals surface area contributed by atoms with Crippen LogP contribution in [-0.4, -0.2) is 0 Å². The van der Waals surface area contributed by atoms with E-state index in [1.807, 2.05) is 67.0 Å². The van der Waals surface area contributed by atoms with E-state index in [9.17, 15) is 0 Å². The molecule has 0 saturated carbocycles. The molecule has 0 radical (unpaired) electrons. The smallest absolute Gasteiger partial charge is 0.200 e. The summed E-state index contributed by atoms with van der Waals surface area (Å²) in [5.41, 5.74) is 15.4. The van der Waals surface area contributed by atoms with Crippen molar-refractivity contribution >= 4 is 169 Å². The summed E-state index contributed by atoms with van der Waals surface area (Å²) in [6.07, 6.45) is 8.88. The van der Waals surface area contributed by atoms with E-state index in [0.29, 0.717) is 16.7 Å². The molecule has 20 rings (SSSR count). The quantitative estimate of drug-likeness (QED) is 0.156. The minimum absolute atomic E-state index is 0.345. The number of aryl methyl sites for hydroxylation is 11. The molecule has 0 fully saturated rings. The van der Waals surface area contributed by atoms with E-state index in [-0.39, 0.29) is 0 Å². The molecule has 0 aliphatic heterocycles. The summed E-state index contributed by atoms with van der Waals surface area (Å²) in [7, 11) is 8.37. The first-order chi connectivity index (χ1) is 53.7. The van der Waals surface area contributed by atoms with Crippen LogP contribution in [0.1, 0.15) is 51.3 Å². The summed E-state index contributed by atoms with van der Waals surface area (Å²) in [5.74, 6) is 0. The summed E-state index contributed by atoms with van der Waals surface area (Å²) in [6.45, 7) is 2.10. The van der Waals surface area contributed by atoms with Crippen molar-refractivity contribution in [2.24, 2.45) is 28.2 Å². The van der Waals surface area contributed by atoms with Gasteiger partial charge in [0.15, 0.2) is 24.8 Å². The van der Waals surface area contributed by atoms with Gasteiger partial charge in [0.25, 0.3) is 0 Å². The second-order valence-corrected chi connectivity index (χ2v) is 31.5. The maximum atomic E-state index is 7.71. The first-order valence-electron chi connectivity index (χ1n) is 39.1. The van der Waals surface area contributed by atoms with Crippen molar-refractivity contribution in [3.63, 3.8) is 0 Å². The molecular weight excluding hydrogens is 1330 g/mol. The van der Waals surface area contributed by atoms with Crippen LogP contribution in [0.15, 0.2) is 274 Å². The Labute approximate surface area is 629 Å². The largest absolute Gasteiger partial charge is 0.213 e. The van der Waals surface area contributed by atoms with Crippen LogP contribution in [0.5, 0.6) is 0 Å². The van der Waals surface area contributed by atoms with Gasteiger partial charge in [-0.3, -0.25) is 0 Å². The summed E-state index contributed by atoms with van der Waals surface area (Å²) in [4.78, 5) is 0. The lowest BCUT2D eigenvalue weighted by Gasteiger charge is -2.06. The van der Waals surface area contributed by atoms with Crippen molar-refractivity contribution < 1.29 is 30.6 Å². The van der Waals surface area contributed by atoms with Crippen LogP contribution in [0.25, 0.3) is 169 Å². The molecule has 0 unspecified atom stereocenters. The number of hydrogen-bond donors (Lipinski definition) is 0. The van der Waals surface area contributed by atoms with Crippen LogP contribution in [0, 0.1) is 48.3 Å². The van der Waals surface area contributed by atoms with Crippen LogP contribution in [0.4, 0.5) is 0 Å². The zero-order valence-corrected chi connectivity index (χ0v) is 61.7. The normalized spacial score (nSPS) is 13.3. The molecule has 8 aromatic heterocycles. The fraction of sp³-hybridized carbons (Fsp3) is 0.116. The number of benzene rings is 12.